The molecule has 0 heterocycles. The molecule has 0 aliphatic heterocycles. The van der Waals surface area contributed by atoms with Crippen LogP contribution >= 0.6 is 27.5 Å². The van der Waals surface area contributed by atoms with Crippen molar-refractivity contribution < 1.29 is 9.84 Å². The number of rotatable bonds is 4. The highest BCUT2D eigenvalue weighted by Gasteiger charge is 2.11. The third-order valence-electron chi connectivity index (χ3n) is 3.00. The van der Waals surface area contributed by atoms with E-state index in [1.807, 2.05) is 31.2 Å². The van der Waals surface area contributed by atoms with E-state index < -0.39 is 0 Å². The molecule has 0 bridgehead atoms. The first-order valence-corrected chi connectivity index (χ1v) is 7.27. The smallest absolute Gasteiger partial charge is 0.160 e. The Labute approximate surface area is 131 Å². The molecule has 3 nitrogen and oxygen atoms in total. The topological polar surface area (TPSA) is 41.5 Å². The average molecular weight is 357 g/mol. The van der Waals surface area contributed by atoms with Crippen molar-refractivity contribution in [1.82, 2.24) is 0 Å². The Bertz CT molecular complexity index is 619. The van der Waals surface area contributed by atoms with Crippen molar-refractivity contribution in [1.29, 1.82) is 0 Å². The largest absolute Gasteiger partial charge is 0.504 e. The van der Waals surface area contributed by atoms with Gasteiger partial charge in [0.05, 0.1) is 17.8 Å². The van der Waals surface area contributed by atoms with Crippen molar-refractivity contribution in [2.75, 3.05) is 12.4 Å². The molecule has 2 aromatic rings. The summed E-state index contributed by atoms with van der Waals surface area (Å²) in [6.07, 6.45) is 0. The third-order valence-corrected chi connectivity index (χ3v) is 3.83. The number of methoxy groups -OCH3 is 1. The van der Waals surface area contributed by atoms with Gasteiger partial charge in [0.15, 0.2) is 11.5 Å². The predicted octanol–water partition coefficient (Wildman–Crippen LogP) is 4.99. The van der Waals surface area contributed by atoms with Gasteiger partial charge < -0.3 is 15.2 Å². The second-order valence-electron chi connectivity index (χ2n) is 4.42. The van der Waals surface area contributed by atoms with Crippen LogP contribution in [0.3, 0.4) is 0 Å². The van der Waals surface area contributed by atoms with E-state index in [-0.39, 0.29) is 11.8 Å². The fraction of sp³-hybridized carbons (Fsp3) is 0.200. The van der Waals surface area contributed by atoms with Crippen molar-refractivity contribution in [3.8, 4) is 11.5 Å². The molecule has 2 N–H and O–H groups in total. The molecule has 0 amide bonds. The zero-order chi connectivity index (χ0) is 14.7. The van der Waals surface area contributed by atoms with Gasteiger partial charge in [0.25, 0.3) is 0 Å². The minimum absolute atomic E-state index is 0.0244. The SMILES string of the molecule is COc1cc(C(C)Nc2cc(Br)ccc2Cl)ccc1O. The van der Waals surface area contributed by atoms with Gasteiger partial charge in [0.1, 0.15) is 0 Å². The molecule has 0 saturated carbocycles. The first kappa shape index (κ1) is 15.0. The summed E-state index contributed by atoms with van der Waals surface area (Å²) in [5.41, 5.74) is 1.84. The lowest BCUT2D eigenvalue weighted by Gasteiger charge is -2.18. The first-order valence-electron chi connectivity index (χ1n) is 6.09. The van der Waals surface area contributed by atoms with Gasteiger partial charge in [-0.15, -0.1) is 0 Å². The maximum atomic E-state index is 9.61. The second kappa shape index (κ2) is 6.37. The van der Waals surface area contributed by atoms with E-state index >= 15 is 0 Å². The van der Waals surface area contributed by atoms with E-state index in [4.69, 9.17) is 16.3 Å². The average Bonchev–Trinajstić information content (AvgIpc) is 2.43. The quantitative estimate of drug-likeness (QED) is 0.811. The molecule has 1 unspecified atom stereocenters. The Kier molecular flexibility index (Phi) is 4.78. The molecule has 0 saturated heterocycles. The van der Waals surface area contributed by atoms with Gasteiger partial charge in [0.2, 0.25) is 0 Å². The van der Waals surface area contributed by atoms with Gasteiger partial charge in [0, 0.05) is 10.5 Å². The Morgan fingerprint density at radius 1 is 1.25 bits per heavy atom. The van der Waals surface area contributed by atoms with Crippen LogP contribution in [0, 0.1) is 0 Å². The van der Waals surface area contributed by atoms with Gasteiger partial charge >= 0.3 is 0 Å². The number of phenolic OH excluding ortho intramolecular Hbond substituents is 1. The molecule has 1 atom stereocenters. The summed E-state index contributed by atoms with van der Waals surface area (Å²) in [6.45, 7) is 2.02. The van der Waals surface area contributed by atoms with E-state index in [9.17, 15) is 5.11 Å². The fourth-order valence-corrected chi connectivity index (χ4v) is 2.42. The summed E-state index contributed by atoms with van der Waals surface area (Å²) in [4.78, 5) is 0. The lowest BCUT2D eigenvalue weighted by molar-refractivity contribution is 0.373. The van der Waals surface area contributed by atoms with Gasteiger partial charge in [-0.3, -0.25) is 0 Å². The van der Waals surface area contributed by atoms with Gasteiger partial charge in [-0.25, -0.2) is 0 Å². The number of hydrogen-bond acceptors (Lipinski definition) is 3. The molecule has 2 aromatic carbocycles. The molecule has 106 valence electrons. The Morgan fingerprint density at radius 2 is 2.00 bits per heavy atom. The van der Waals surface area contributed by atoms with Crippen molar-refractivity contribution in [2.45, 2.75) is 13.0 Å². The maximum Gasteiger partial charge on any atom is 0.160 e. The lowest BCUT2D eigenvalue weighted by atomic mass is 10.1. The molecule has 2 rings (SSSR count). The number of ether oxygens (including phenoxy) is 1. The molecule has 0 aliphatic rings. The number of halogens is 2. The van der Waals surface area contributed by atoms with Gasteiger partial charge in [-0.2, -0.15) is 0 Å². The Balaban J connectivity index is 2.23. The summed E-state index contributed by atoms with van der Waals surface area (Å²) in [6, 6.07) is 10.9. The molecule has 0 radical (unpaired) electrons. The number of benzene rings is 2. The summed E-state index contributed by atoms with van der Waals surface area (Å²) in [5.74, 6) is 0.584. The van der Waals surface area contributed by atoms with Crippen molar-refractivity contribution >= 4 is 33.2 Å². The van der Waals surface area contributed by atoms with Crippen LogP contribution in [0.2, 0.25) is 5.02 Å². The zero-order valence-corrected chi connectivity index (χ0v) is 13.5. The minimum atomic E-state index is 0.0244. The number of hydrogen-bond donors (Lipinski definition) is 2. The van der Waals surface area contributed by atoms with Crippen molar-refractivity contribution in [3.05, 3.63) is 51.5 Å². The predicted molar refractivity (Wildman–Crippen MR) is 85.8 cm³/mol. The van der Waals surface area contributed by atoms with E-state index in [1.54, 1.807) is 12.1 Å². The third kappa shape index (κ3) is 3.38. The Hall–Kier alpha value is -1.39. The van der Waals surface area contributed by atoms with Crippen LogP contribution in [-0.2, 0) is 0 Å². The maximum absolute atomic E-state index is 9.61. The van der Waals surface area contributed by atoms with Crippen LogP contribution in [0.25, 0.3) is 0 Å². The molecule has 0 fully saturated rings. The number of aromatic hydroxyl groups is 1. The highest BCUT2D eigenvalue weighted by Crippen LogP contribution is 2.32. The summed E-state index contributed by atoms with van der Waals surface area (Å²) in [7, 11) is 1.53. The van der Waals surface area contributed by atoms with Crippen LogP contribution in [0.5, 0.6) is 11.5 Å². The monoisotopic (exact) mass is 355 g/mol. The molecular weight excluding hydrogens is 342 g/mol. The fourth-order valence-electron chi connectivity index (χ4n) is 1.89. The van der Waals surface area contributed by atoms with E-state index in [2.05, 4.69) is 21.2 Å². The molecule has 20 heavy (non-hydrogen) atoms. The molecule has 0 aliphatic carbocycles. The van der Waals surface area contributed by atoms with Gasteiger partial charge in [-0.1, -0.05) is 33.6 Å². The van der Waals surface area contributed by atoms with Crippen LogP contribution in [-0.4, -0.2) is 12.2 Å². The van der Waals surface area contributed by atoms with Crippen LogP contribution in [0.15, 0.2) is 40.9 Å². The van der Waals surface area contributed by atoms with E-state index in [1.165, 1.54) is 7.11 Å². The highest BCUT2D eigenvalue weighted by molar-refractivity contribution is 9.10. The molecule has 0 aromatic heterocycles. The van der Waals surface area contributed by atoms with E-state index in [0.717, 1.165) is 15.7 Å². The van der Waals surface area contributed by atoms with E-state index in [0.29, 0.717) is 10.8 Å². The summed E-state index contributed by atoms with van der Waals surface area (Å²) >= 11 is 9.59. The molecule has 5 heteroatoms. The van der Waals surface area contributed by atoms with Crippen LogP contribution in [0.1, 0.15) is 18.5 Å². The van der Waals surface area contributed by atoms with Gasteiger partial charge in [-0.05, 0) is 42.8 Å². The Morgan fingerprint density at radius 3 is 2.70 bits per heavy atom. The molecular formula is C15H15BrClNO2. The van der Waals surface area contributed by atoms with Crippen LogP contribution in [0.4, 0.5) is 5.69 Å². The highest BCUT2D eigenvalue weighted by atomic mass is 79.9. The first-order chi connectivity index (χ1) is 9.51. The number of phenols is 1. The van der Waals surface area contributed by atoms with Crippen LogP contribution < -0.4 is 10.1 Å². The summed E-state index contributed by atoms with van der Waals surface area (Å²) in [5, 5.41) is 13.6. The lowest BCUT2D eigenvalue weighted by Crippen LogP contribution is -2.07. The van der Waals surface area contributed by atoms with Crippen molar-refractivity contribution in [3.63, 3.8) is 0 Å². The standard InChI is InChI=1S/C15H15BrClNO2/c1-9(10-3-6-14(19)15(7-10)20-2)18-13-8-11(16)4-5-12(13)17/h3-9,18-19H,1-2H3. The minimum Gasteiger partial charge on any atom is -0.504 e. The molecule has 0 spiro atoms. The zero-order valence-electron chi connectivity index (χ0n) is 11.2. The second-order valence-corrected chi connectivity index (χ2v) is 5.74. The van der Waals surface area contributed by atoms with Crippen molar-refractivity contribution in [2.24, 2.45) is 0 Å². The number of anilines is 1. The summed E-state index contributed by atoms with van der Waals surface area (Å²) < 4.78 is 6.08. The number of nitrogens with one attached hydrogen (secondary N) is 1. The normalized spacial score (nSPS) is 12.0.